The standard InChI is InChI=1S/C8H10N4S/c1-2-10-6-4-3-5(9)7-8(6)12-13-11-7/h3-4,10H,2,9H2,1H3. The zero-order chi connectivity index (χ0) is 9.26. The minimum atomic E-state index is 0.686. The van der Waals surface area contributed by atoms with Crippen LogP contribution in [0.2, 0.25) is 0 Å². The van der Waals surface area contributed by atoms with Crippen LogP contribution < -0.4 is 11.1 Å². The van der Waals surface area contributed by atoms with Crippen LogP contribution in [0.5, 0.6) is 0 Å². The first-order chi connectivity index (χ1) is 6.33. The van der Waals surface area contributed by atoms with Crippen molar-refractivity contribution in [3.05, 3.63) is 12.1 Å². The molecule has 13 heavy (non-hydrogen) atoms. The molecule has 0 radical (unpaired) electrons. The van der Waals surface area contributed by atoms with Crippen LogP contribution in [0.4, 0.5) is 11.4 Å². The second-order valence-corrected chi connectivity index (χ2v) is 3.22. The summed E-state index contributed by atoms with van der Waals surface area (Å²) in [4.78, 5) is 0. The van der Waals surface area contributed by atoms with Crippen molar-refractivity contribution in [3.63, 3.8) is 0 Å². The molecule has 0 spiro atoms. The maximum absolute atomic E-state index is 5.74. The SMILES string of the molecule is CCNc1ccc(N)c2nsnc12. The second-order valence-electron chi connectivity index (χ2n) is 2.69. The van der Waals surface area contributed by atoms with Crippen molar-refractivity contribution in [1.29, 1.82) is 0 Å². The number of benzene rings is 1. The third kappa shape index (κ3) is 1.31. The molecule has 0 saturated heterocycles. The van der Waals surface area contributed by atoms with Crippen molar-refractivity contribution in [2.24, 2.45) is 0 Å². The lowest BCUT2D eigenvalue weighted by Gasteiger charge is -2.03. The molecule has 2 rings (SSSR count). The van der Waals surface area contributed by atoms with Gasteiger partial charge in [-0.05, 0) is 19.1 Å². The van der Waals surface area contributed by atoms with Crippen LogP contribution in [0.3, 0.4) is 0 Å². The van der Waals surface area contributed by atoms with Gasteiger partial charge in [-0.3, -0.25) is 0 Å². The van der Waals surface area contributed by atoms with Crippen molar-refractivity contribution in [2.75, 3.05) is 17.6 Å². The van der Waals surface area contributed by atoms with E-state index < -0.39 is 0 Å². The molecule has 0 fully saturated rings. The third-order valence-corrected chi connectivity index (χ3v) is 2.34. The van der Waals surface area contributed by atoms with Crippen LogP contribution >= 0.6 is 11.7 Å². The largest absolute Gasteiger partial charge is 0.397 e. The molecule has 0 saturated carbocycles. The molecule has 0 amide bonds. The summed E-state index contributed by atoms with van der Waals surface area (Å²) in [5.41, 5.74) is 9.09. The lowest BCUT2D eigenvalue weighted by Crippen LogP contribution is -1.98. The second kappa shape index (κ2) is 3.18. The number of hydrogen-bond donors (Lipinski definition) is 2. The fraction of sp³-hybridized carbons (Fsp3) is 0.250. The number of nitrogens with one attached hydrogen (secondary N) is 1. The highest BCUT2D eigenvalue weighted by Crippen LogP contribution is 2.25. The summed E-state index contributed by atoms with van der Waals surface area (Å²) >= 11 is 1.19. The van der Waals surface area contributed by atoms with E-state index in [9.17, 15) is 0 Å². The Labute approximate surface area is 80.1 Å². The maximum Gasteiger partial charge on any atom is 0.129 e. The minimum Gasteiger partial charge on any atom is -0.397 e. The molecule has 0 bridgehead atoms. The monoisotopic (exact) mass is 194 g/mol. The maximum atomic E-state index is 5.74. The van der Waals surface area contributed by atoms with E-state index in [2.05, 4.69) is 14.1 Å². The Kier molecular flexibility index (Phi) is 2.02. The van der Waals surface area contributed by atoms with E-state index in [1.807, 2.05) is 19.1 Å². The lowest BCUT2D eigenvalue weighted by atomic mass is 10.2. The summed E-state index contributed by atoms with van der Waals surface area (Å²) in [6.07, 6.45) is 0. The van der Waals surface area contributed by atoms with Gasteiger partial charge in [-0.15, -0.1) is 0 Å². The van der Waals surface area contributed by atoms with E-state index in [0.717, 1.165) is 23.3 Å². The average Bonchev–Trinajstić information content (AvgIpc) is 2.59. The highest BCUT2D eigenvalue weighted by atomic mass is 32.1. The van der Waals surface area contributed by atoms with Crippen molar-refractivity contribution in [1.82, 2.24) is 8.75 Å². The molecule has 0 aliphatic carbocycles. The number of fused-ring (bicyclic) bond motifs is 1. The van der Waals surface area contributed by atoms with E-state index >= 15 is 0 Å². The van der Waals surface area contributed by atoms with Gasteiger partial charge >= 0.3 is 0 Å². The number of rotatable bonds is 2. The van der Waals surface area contributed by atoms with E-state index in [-0.39, 0.29) is 0 Å². The molecule has 1 heterocycles. The lowest BCUT2D eigenvalue weighted by molar-refractivity contribution is 1.22. The Morgan fingerprint density at radius 3 is 2.92 bits per heavy atom. The number of hydrogen-bond acceptors (Lipinski definition) is 5. The number of nitrogens with two attached hydrogens (primary N) is 1. The molecule has 2 aromatic rings. The van der Waals surface area contributed by atoms with Crippen LogP contribution in [-0.2, 0) is 0 Å². The predicted octanol–water partition coefficient (Wildman–Crippen LogP) is 1.71. The van der Waals surface area contributed by atoms with Crippen LogP contribution in [-0.4, -0.2) is 15.3 Å². The van der Waals surface area contributed by atoms with Crippen LogP contribution in [0.15, 0.2) is 12.1 Å². The number of anilines is 2. The average molecular weight is 194 g/mol. The summed E-state index contributed by atoms with van der Waals surface area (Å²) in [6, 6.07) is 3.78. The summed E-state index contributed by atoms with van der Waals surface area (Å²) in [5.74, 6) is 0. The first kappa shape index (κ1) is 8.25. The molecular weight excluding hydrogens is 184 g/mol. The van der Waals surface area contributed by atoms with E-state index in [1.54, 1.807) is 0 Å². The smallest absolute Gasteiger partial charge is 0.129 e. The number of aromatic nitrogens is 2. The molecule has 1 aromatic heterocycles. The predicted molar refractivity (Wildman–Crippen MR) is 56.0 cm³/mol. The Morgan fingerprint density at radius 2 is 2.15 bits per heavy atom. The van der Waals surface area contributed by atoms with Gasteiger partial charge in [0.1, 0.15) is 11.0 Å². The first-order valence-corrected chi connectivity index (χ1v) is 4.80. The molecular formula is C8H10N4S. The Bertz CT molecular complexity index is 423. The van der Waals surface area contributed by atoms with Gasteiger partial charge in [-0.2, -0.15) is 8.75 Å². The zero-order valence-corrected chi connectivity index (χ0v) is 8.06. The highest BCUT2D eigenvalue weighted by Gasteiger charge is 2.06. The van der Waals surface area contributed by atoms with Crippen molar-refractivity contribution in [2.45, 2.75) is 6.92 Å². The summed E-state index contributed by atoms with van der Waals surface area (Å²) in [7, 11) is 0. The highest BCUT2D eigenvalue weighted by molar-refractivity contribution is 7.00. The van der Waals surface area contributed by atoms with Gasteiger partial charge in [-0.1, -0.05) is 0 Å². The van der Waals surface area contributed by atoms with E-state index in [4.69, 9.17) is 5.73 Å². The molecule has 1 aromatic carbocycles. The van der Waals surface area contributed by atoms with Gasteiger partial charge in [0.15, 0.2) is 0 Å². The van der Waals surface area contributed by atoms with Gasteiger partial charge in [-0.25, -0.2) is 0 Å². The van der Waals surface area contributed by atoms with E-state index in [0.29, 0.717) is 5.69 Å². The third-order valence-electron chi connectivity index (χ3n) is 1.81. The summed E-state index contributed by atoms with van der Waals surface area (Å²) in [6.45, 7) is 2.92. The number of nitrogen functional groups attached to an aromatic ring is 1. The molecule has 0 aliphatic heterocycles. The Hall–Kier alpha value is -1.36. The first-order valence-electron chi connectivity index (χ1n) is 4.07. The van der Waals surface area contributed by atoms with Gasteiger partial charge in [0.2, 0.25) is 0 Å². The molecule has 0 unspecified atom stereocenters. The quantitative estimate of drug-likeness (QED) is 0.714. The molecule has 0 atom stereocenters. The Morgan fingerprint density at radius 1 is 1.38 bits per heavy atom. The van der Waals surface area contributed by atoms with E-state index in [1.165, 1.54) is 11.7 Å². The molecule has 68 valence electrons. The van der Waals surface area contributed by atoms with Gasteiger partial charge < -0.3 is 11.1 Å². The molecule has 0 aliphatic rings. The van der Waals surface area contributed by atoms with Gasteiger partial charge in [0, 0.05) is 6.54 Å². The van der Waals surface area contributed by atoms with Crippen LogP contribution in [0.25, 0.3) is 11.0 Å². The number of nitrogens with zero attached hydrogens (tertiary/aromatic N) is 2. The fourth-order valence-electron chi connectivity index (χ4n) is 1.22. The van der Waals surface area contributed by atoms with Crippen LogP contribution in [0, 0.1) is 0 Å². The summed E-state index contributed by atoms with van der Waals surface area (Å²) in [5, 5.41) is 3.21. The van der Waals surface area contributed by atoms with Gasteiger partial charge in [0.05, 0.1) is 23.1 Å². The molecule has 5 heteroatoms. The van der Waals surface area contributed by atoms with Crippen molar-refractivity contribution >= 4 is 34.1 Å². The molecule has 4 nitrogen and oxygen atoms in total. The fourth-order valence-corrected chi connectivity index (χ4v) is 1.80. The minimum absolute atomic E-state index is 0.686. The van der Waals surface area contributed by atoms with Crippen molar-refractivity contribution < 1.29 is 0 Å². The van der Waals surface area contributed by atoms with Crippen molar-refractivity contribution in [3.8, 4) is 0 Å². The molecule has 3 N–H and O–H groups in total. The van der Waals surface area contributed by atoms with Gasteiger partial charge in [0.25, 0.3) is 0 Å². The summed E-state index contributed by atoms with van der Waals surface area (Å²) < 4.78 is 8.31. The van der Waals surface area contributed by atoms with Crippen LogP contribution in [0.1, 0.15) is 6.92 Å². The normalized spacial score (nSPS) is 10.5. The topological polar surface area (TPSA) is 63.8 Å². The zero-order valence-electron chi connectivity index (χ0n) is 7.24. The Balaban J connectivity index is 2.64.